The lowest BCUT2D eigenvalue weighted by atomic mass is 10.0. The quantitative estimate of drug-likeness (QED) is 0.853. The number of anilines is 2. The van der Waals surface area contributed by atoms with Gasteiger partial charge in [-0.15, -0.1) is 0 Å². The number of nitrogen functional groups attached to an aromatic ring is 1. The Morgan fingerprint density at radius 3 is 3.11 bits per heavy atom. The first-order valence-electron chi connectivity index (χ1n) is 6.35. The van der Waals surface area contributed by atoms with E-state index in [2.05, 4.69) is 16.8 Å². The second-order valence-electron chi connectivity index (χ2n) is 4.82. The summed E-state index contributed by atoms with van der Waals surface area (Å²) in [6, 6.07) is 1.58. The van der Waals surface area contributed by atoms with Crippen LogP contribution >= 0.6 is 0 Å². The van der Waals surface area contributed by atoms with Gasteiger partial charge in [-0.3, -0.25) is 0 Å². The van der Waals surface area contributed by atoms with Gasteiger partial charge < -0.3 is 15.7 Å². The van der Waals surface area contributed by atoms with E-state index < -0.39 is 5.97 Å². The smallest absolute Gasteiger partial charge is 0.337 e. The zero-order valence-electron chi connectivity index (χ0n) is 10.6. The van der Waals surface area contributed by atoms with Crippen molar-refractivity contribution in [3.8, 4) is 0 Å². The van der Waals surface area contributed by atoms with Gasteiger partial charge in [0.2, 0.25) is 0 Å². The highest BCUT2D eigenvalue weighted by atomic mass is 16.4. The lowest BCUT2D eigenvalue weighted by molar-refractivity contribution is 0.0698. The Labute approximate surface area is 107 Å². The molecule has 0 aliphatic carbocycles. The fraction of sp³-hybridized carbons (Fsp3) is 0.538. The average molecular weight is 249 g/mol. The van der Waals surface area contributed by atoms with Crippen molar-refractivity contribution in [2.45, 2.75) is 26.2 Å². The molecule has 98 valence electrons. The van der Waals surface area contributed by atoms with Crippen molar-refractivity contribution in [3.63, 3.8) is 0 Å². The van der Waals surface area contributed by atoms with Gasteiger partial charge in [0.25, 0.3) is 0 Å². The molecular weight excluding hydrogens is 230 g/mol. The number of aromatic carboxylic acids is 1. The normalized spacial score (nSPS) is 19.2. The topological polar surface area (TPSA) is 79.5 Å². The van der Waals surface area contributed by atoms with E-state index in [0.29, 0.717) is 5.92 Å². The molecule has 0 amide bonds. The van der Waals surface area contributed by atoms with Crippen LogP contribution in [-0.2, 0) is 0 Å². The number of carboxylic acids is 1. The van der Waals surface area contributed by atoms with E-state index >= 15 is 0 Å². The van der Waals surface area contributed by atoms with Crippen LogP contribution in [0.1, 0.15) is 36.5 Å². The van der Waals surface area contributed by atoms with E-state index in [1.807, 2.05) is 0 Å². The molecule has 1 fully saturated rings. The van der Waals surface area contributed by atoms with E-state index in [1.165, 1.54) is 19.0 Å². The first-order valence-corrected chi connectivity index (χ1v) is 6.35. The van der Waals surface area contributed by atoms with Crippen LogP contribution in [-0.4, -0.2) is 29.1 Å². The molecule has 3 N–H and O–H groups in total. The van der Waals surface area contributed by atoms with Crippen LogP contribution in [0.3, 0.4) is 0 Å². The minimum absolute atomic E-state index is 0.138. The summed E-state index contributed by atoms with van der Waals surface area (Å²) in [7, 11) is 0. The van der Waals surface area contributed by atoms with Crippen molar-refractivity contribution in [2.24, 2.45) is 5.92 Å². The van der Waals surface area contributed by atoms with Gasteiger partial charge in [-0.1, -0.05) is 13.3 Å². The summed E-state index contributed by atoms with van der Waals surface area (Å²) in [6.45, 7) is 4.09. The average Bonchev–Trinajstić information content (AvgIpc) is 2.78. The molecular formula is C13H19N3O2. The number of carboxylic acid groups (broad SMARTS) is 1. The summed E-state index contributed by atoms with van der Waals surface area (Å²) in [5.74, 6) is 0.420. The molecule has 1 aliphatic rings. The van der Waals surface area contributed by atoms with Crippen molar-refractivity contribution >= 4 is 17.5 Å². The highest BCUT2D eigenvalue weighted by Gasteiger charge is 2.23. The third-order valence-corrected chi connectivity index (χ3v) is 3.46. The van der Waals surface area contributed by atoms with E-state index in [4.69, 9.17) is 10.8 Å². The number of carbonyl (C=O) groups is 1. The van der Waals surface area contributed by atoms with Crippen molar-refractivity contribution in [1.82, 2.24) is 4.98 Å². The van der Waals surface area contributed by atoms with E-state index in [-0.39, 0.29) is 11.3 Å². The molecule has 1 aliphatic heterocycles. The van der Waals surface area contributed by atoms with Crippen LogP contribution in [0.2, 0.25) is 0 Å². The molecule has 2 rings (SSSR count). The van der Waals surface area contributed by atoms with Gasteiger partial charge in [0.05, 0.1) is 17.4 Å². The zero-order valence-corrected chi connectivity index (χ0v) is 10.6. The molecule has 2 heterocycles. The summed E-state index contributed by atoms with van der Waals surface area (Å²) >= 11 is 0. The first kappa shape index (κ1) is 12.7. The van der Waals surface area contributed by atoms with Crippen LogP contribution in [0, 0.1) is 5.92 Å². The van der Waals surface area contributed by atoms with Crippen molar-refractivity contribution in [1.29, 1.82) is 0 Å². The van der Waals surface area contributed by atoms with Crippen LogP contribution in [0.25, 0.3) is 0 Å². The molecule has 0 saturated carbocycles. The molecule has 5 nitrogen and oxygen atoms in total. The molecule has 1 atom stereocenters. The molecule has 18 heavy (non-hydrogen) atoms. The third kappa shape index (κ3) is 2.55. The largest absolute Gasteiger partial charge is 0.478 e. The van der Waals surface area contributed by atoms with Gasteiger partial charge in [-0.2, -0.15) is 0 Å². The molecule has 1 aromatic rings. The predicted molar refractivity (Wildman–Crippen MR) is 70.8 cm³/mol. The maximum Gasteiger partial charge on any atom is 0.337 e. The number of nitrogens with two attached hydrogens (primary N) is 1. The molecule has 1 unspecified atom stereocenters. The monoisotopic (exact) mass is 249 g/mol. The first-order chi connectivity index (χ1) is 8.61. The number of rotatable bonds is 4. The number of pyridine rings is 1. The van der Waals surface area contributed by atoms with Crippen LogP contribution < -0.4 is 10.6 Å². The number of aromatic nitrogens is 1. The fourth-order valence-corrected chi connectivity index (χ4v) is 2.50. The number of hydrogen-bond donors (Lipinski definition) is 2. The second kappa shape index (κ2) is 5.25. The van der Waals surface area contributed by atoms with Crippen molar-refractivity contribution < 1.29 is 9.90 Å². The van der Waals surface area contributed by atoms with Gasteiger partial charge in [0.1, 0.15) is 5.82 Å². The Balaban J connectivity index is 2.15. The molecule has 1 saturated heterocycles. The minimum Gasteiger partial charge on any atom is -0.478 e. The summed E-state index contributed by atoms with van der Waals surface area (Å²) in [6.07, 6.45) is 5.00. The SMILES string of the molecule is CCCC1CCN(c2cc(C(=O)O)c(N)cn2)C1. The minimum atomic E-state index is -1.000. The standard InChI is InChI=1S/C13H19N3O2/c1-2-3-9-4-5-16(8-9)12-6-10(13(17)18)11(14)7-15-12/h6-7,9H,2-5,8,14H2,1H3,(H,17,18). The Morgan fingerprint density at radius 2 is 2.44 bits per heavy atom. The van der Waals surface area contributed by atoms with E-state index in [0.717, 1.165) is 25.3 Å². The van der Waals surface area contributed by atoms with Gasteiger partial charge in [0, 0.05) is 13.1 Å². The van der Waals surface area contributed by atoms with Crippen molar-refractivity contribution in [3.05, 3.63) is 17.8 Å². The fourth-order valence-electron chi connectivity index (χ4n) is 2.50. The number of hydrogen-bond acceptors (Lipinski definition) is 4. The highest BCUT2D eigenvalue weighted by Crippen LogP contribution is 2.26. The van der Waals surface area contributed by atoms with Crippen LogP contribution in [0.15, 0.2) is 12.3 Å². The van der Waals surface area contributed by atoms with Crippen LogP contribution in [0.5, 0.6) is 0 Å². The van der Waals surface area contributed by atoms with Gasteiger partial charge in [-0.05, 0) is 24.8 Å². The summed E-state index contributed by atoms with van der Waals surface area (Å²) < 4.78 is 0. The Bertz CT molecular complexity index is 448. The summed E-state index contributed by atoms with van der Waals surface area (Å²) in [5.41, 5.74) is 5.96. The summed E-state index contributed by atoms with van der Waals surface area (Å²) in [4.78, 5) is 17.4. The molecule has 1 aromatic heterocycles. The lowest BCUT2D eigenvalue weighted by Crippen LogP contribution is -2.21. The Hall–Kier alpha value is -1.78. The lowest BCUT2D eigenvalue weighted by Gasteiger charge is -2.18. The van der Waals surface area contributed by atoms with Gasteiger partial charge in [-0.25, -0.2) is 9.78 Å². The molecule has 0 bridgehead atoms. The van der Waals surface area contributed by atoms with E-state index in [1.54, 1.807) is 6.07 Å². The Morgan fingerprint density at radius 1 is 1.67 bits per heavy atom. The van der Waals surface area contributed by atoms with Crippen molar-refractivity contribution in [2.75, 3.05) is 23.7 Å². The van der Waals surface area contributed by atoms with Gasteiger partial charge >= 0.3 is 5.97 Å². The maximum absolute atomic E-state index is 11.0. The predicted octanol–water partition coefficient (Wildman–Crippen LogP) is 1.99. The summed E-state index contributed by atoms with van der Waals surface area (Å²) in [5, 5.41) is 9.04. The molecule has 0 aromatic carbocycles. The van der Waals surface area contributed by atoms with Crippen LogP contribution in [0.4, 0.5) is 11.5 Å². The van der Waals surface area contributed by atoms with E-state index in [9.17, 15) is 4.79 Å². The second-order valence-corrected chi connectivity index (χ2v) is 4.82. The third-order valence-electron chi connectivity index (χ3n) is 3.46. The number of nitrogens with zero attached hydrogens (tertiary/aromatic N) is 2. The molecule has 5 heteroatoms. The maximum atomic E-state index is 11.0. The zero-order chi connectivity index (χ0) is 13.1. The molecule has 0 radical (unpaired) electrons. The van der Waals surface area contributed by atoms with Gasteiger partial charge in [0.15, 0.2) is 0 Å². The highest BCUT2D eigenvalue weighted by molar-refractivity contribution is 5.94. The molecule has 0 spiro atoms. The Kier molecular flexibility index (Phi) is 3.69.